The van der Waals surface area contributed by atoms with E-state index in [0.29, 0.717) is 17.9 Å². The van der Waals surface area contributed by atoms with Gasteiger partial charge in [-0.15, -0.1) is 0 Å². The Morgan fingerprint density at radius 3 is 2.38 bits per heavy atom. The van der Waals surface area contributed by atoms with Crippen molar-refractivity contribution in [1.29, 1.82) is 0 Å². The van der Waals surface area contributed by atoms with Crippen LogP contribution in [-0.4, -0.2) is 31.4 Å². The second kappa shape index (κ2) is 8.38. The molecule has 0 N–H and O–H groups in total. The van der Waals surface area contributed by atoms with E-state index >= 15 is 0 Å². The number of hydrogen-bond donors (Lipinski definition) is 0. The van der Waals surface area contributed by atoms with E-state index in [-0.39, 0.29) is 0 Å². The van der Waals surface area contributed by atoms with Gasteiger partial charge in [0, 0.05) is 0 Å². The standard InChI is InChI=1S/C20H20O6/c1-23-15-10-12-16(13-11-15)24-19(21)18-17(25-20(22)26-18)9-5-8-14-6-3-2-4-7-14/h2-4,6-7,10-13,17-18H,5,8-9H2,1H3/t17-,18-/m1/s1. The fourth-order valence-electron chi connectivity index (χ4n) is 2.77. The van der Waals surface area contributed by atoms with Crippen molar-refractivity contribution in [2.45, 2.75) is 31.5 Å². The van der Waals surface area contributed by atoms with Gasteiger partial charge in [-0.25, -0.2) is 9.59 Å². The van der Waals surface area contributed by atoms with Gasteiger partial charge in [0.2, 0.25) is 6.10 Å². The molecule has 0 radical (unpaired) electrons. The smallest absolute Gasteiger partial charge is 0.497 e. The molecule has 0 spiro atoms. The van der Waals surface area contributed by atoms with Gasteiger partial charge in [-0.2, -0.15) is 0 Å². The molecule has 26 heavy (non-hydrogen) atoms. The number of hydrogen-bond acceptors (Lipinski definition) is 6. The molecule has 0 bridgehead atoms. The van der Waals surface area contributed by atoms with Gasteiger partial charge in [0.15, 0.2) is 6.10 Å². The van der Waals surface area contributed by atoms with Crippen LogP contribution in [0.4, 0.5) is 4.79 Å². The molecule has 0 aromatic heterocycles. The highest BCUT2D eigenvalue weighted by atomic mass is 16.8. The van der Waals surface area contributed by atoms with E-state index in [1.54, 1.807) is 31.4 Å². The fraction of sp³-hybridized carbons (Fsp3) is 0.300. The van der Waals surface area contributed by atoms with Crippen LogP contribution in [0.2, 0.25) is 0 Å². The summed E-state index contributed by atoms with van der Waals surface area (Å²) in [6.07, 6.45) is -0.431. The maximum atomic E-state index is 12.3. The van der Waals surface area contributed by atoms with Gasteiger partial charge in [-0.1, -0.05) is 30.3 Å². The van der Waals surface area contributed by atoms with Crippen molar-refractivity contribution in [2.24, 2.45) is 0 Å². The van der Waals surface area contributed by atoms with Gasteiger partial charge >= 0.3 is 12.1 Å². The number of cyclic esters (lactones) is 2. The maximum absolute atomic E-state index is 12.3. The Bertz CT molecular complexity index is 741. The van der Waals surface area contributed by atoms with Crippen LogP contribution in [0.15, 0.2) is 54.6 Å². The predicted octanol–water partition coefficient (Wildman–Crippen LogP) is 3.53. The number of benzene rings is 2. The molecule has 0 unspecified atom stereocenters. The summed E-state index contributed by atoms with van der Waals surface area (Å²) in [5.41, 5.74) is 1.19. The third kappa shape index (κ3) is 4.53. The lowest BCUT2D eigenvalue weighted by Crippen LogP contribution is -2.34. The number of aryl methyl sites for hydroxylation is 1. The maximum Gasteiger partial charge on any atom is 0.509 e. The zero-order valence-corrected chi connectivity index (χ0v) is 14.4. The molecule has 0 saturated carbocycles. The average molecular weight is 356 g/mol. The summed E-state index contributed by atoms with van der Waals surface area (Å²) in [5, 5.41) is 0. The molecule has 2 aromatic rings. The van der Waals surface area contributed by atoms with Crippen molar-refractivity contribution >= 4 is 12.1 Å². The Hall–Kier alpha value is -3.02. The van der Waals surface area contributed by atoms with Gasteiger partial charge in [0.1, 0.15) is 11.5 Å². The first kappa shape index (κ1) is 17.8. The number of esters is 1. The van der Waals surface area contributed by atoms with E-state index in [0.717, 1.165) is 12.8 Å². The Labute approximate surface area is 151 Å². The molecule has 6 heteroatoms. The molecule has 3 rings (SSSR count). The minimum atomic E-state index is -1.06. The summed E-state index contributed by atoms with van der Waals surface area (Å²) < 4.78 is 20.5. The first-order valence-electron chi connectivity index (χ1n) is 8.42. The highest BCUT2D eigenvalue weighted by Crippen LogP contribution is 2.24. The van der Waals surface area contributed by atoms with Crippen LogP contribution in [0.3, 0.4) is 0 Å². The van der Waals surface area contributed by atoms with Crippen LogP contribution in [-0.2, 0) is 20.7 Å². The van der Waals surface area contributed by atoms with Crippen LogP contribution in [0.5, 0.6) is 11.5 Å². The molecular weight excluding hydrogens is 336 g/mol. The largest absolute Gasteiger partial charge is 0.509 e. The van der Waals surface area contributed by atoms with Crippen LogP contribution < -0.4 is 9.47 Å². The van der Waals surface area contributed by atoms with Crippen LogP contribution >= 0.6 is 0 Å². The lowest BCUT2D eigenvalue weighted by molar-refractivity contribution is -0.143. The van der Waals surface area contributed by atoms with E-state index in [1.807, 2.05) is 30.3 Å². The van der Waals surface area contributed by atoms with Crippen molar-refractivity contribution in [3.05, 3.63) is 60.2 Å². The van der Waals surface area contributed by atoms with Gasteiger partial charge < -0.3 is 18.9 Å². The van der Waals surface area contributed by atoms with Crippen molar-refractivity contribution in [3.8, 4) is 11.5 Å². The highest BCUT2D eigenvalue weighted by molar-refractivity contribution is 5.82. The monoisotopic (exact) mass is 356 g/mol. The first-order chi connectivity index (χ1) is 12.7. The summed E-state index contributed by atoms with van der Waals surface area (Å²) in [6.45, 7) is 0. The number of methoxy groups -OCH3 is 1. The normalized spacial score (nSPS) is 18.7. The van der Waals surface area contributed by atoms with E-state index in [2.05, 4.69) is 0 Å². The van der Waals surface area contributed by atoms with Gasteiger partial charge in [0.25, 0.3) is 0 Å². The zero-order valence-electron chi connectivity index (χ0n) is 14.4. The van der Waals surface area contributed by atoms with Gasteiger partial charge in [-0.3, -0.25) is 0 Å². The van der Waals surface area contributed by atoms with Gasteiger partial charge in [-0.05, 0) is 49.1 Å². The Morgan fingerprint density at radius 2 is 1.69 bits per heavy atom. The summed E-state index contributed by atoms with van der Waals surface area (Å²) in [4.78, 5) is 23.8. The highest BCUT2D eigenvalue weighted by Gasteiger charge is 2.42. The summed E-state index contributed by atoms with van der Waals surface area (Å²) in [5.74, 6) is 0.353. The molecule has 2 aromatic carbocycles. The Kier molecular flexibility index (Phi) is 5.73. The molecule has 1 heterocycles. The third-order valence-corrected chi connectivity index (χ3v) is 4.12. The quantitative estimate of drug-likeness (QED) is 0.558. The molecule has 6 nitrogen and oxygen atoms in total. The van der Waals surface area contributed by atoms with Crippen LogP contribution in [0.25, 0.3) is 0 Å². The molecule has 1 fully saturated rings. The average Bonchev–Trinajstić information content (AvgIpc) is 3.04. The first-order valence-corrected chi connectivity index (χ1v) is 8.42. The van der Waals surface area contributed by atoms with Crippen LogP contribution in [0, 0.1) is 0 Å². The number of ether oxygens (including phenoxy) is 4. The Balaban J connectivity index is 1.55. The summed E-state index contributed by atoms with van der Waals surface area (Å²) >= 11 is 0. The number of carbonyl (C=O) groups is 2. The molecule has 2 atom stereocenters. The second-order valence-electron chi connectivity index (χ2n) is 5.92. The lowest BCUT2D eigenvalue weighted by Gasteiger charge is -2.14. The second-order valence-corrected chi connectivity index (χ2v) is 5.92. The molecule has 136 valence electrons. The zero-order chi connectivity index (χ0) is 18.4. The lowest BCUT2D eigenvalue weighted by atomic mass is 10.0. The summed E-state index contributed by atoms with van der Waals surface area (Å²) in [6, 6.07) is 16.6. The van der Waals surface area contributed by atoms with E-state index in [4.69, 9.17) is 18.9 Å². The molecular formula is C20H20O6. The number of carbonyl (C=O) groups excluding carboxylic acids is 2. The molecule has 1 aliphatic heterocycles. The van der Waals surface area contributed by atoms with Crippen molar-refractivity contribution < 1.29 is 28.5 Å². The van der Waals surface area contributed by atoms with Crippen molar-refractivity contribution in [1.82, 2.24) is 0 Å². The van der Waals surface area contributed by atoms with E-state index in [1.165, 1.54) is 5.56 Å². The van der Waals surface area contributed by atoms with Crippen molar-refractivity contribution in [2.75, 3.05) is 7.11 Å². The van der Waals surface area contributed by atoms with E-state index in [9.17, 15) is 9.59 Å². The third-order valence-electron chi connectivity index (χ3n) is 4.12. The molecule has 1 saturated heterocycles. The number of rotatable bonds is 7. The fourth-order valence-corrected chi connectivity index (χ4v) is 2.77. The van der Waals surface area contributed by atoms with Gasteiger partial charge in [0.05, 0.1) is 7.11 Å². The summed E-state index contributed by atoms with van der Waals surface area (Å²) in [7, 11) is 1.55. The molecule has 1 aliphatic rings. The minimum absolute atomic E-state index is 0.349. The van der Waals surface area contributed by atoms with Crippen molar-refractivity contribution in [3.63, 3.8) is 0 Å². The topological polar surface area (TPSA) is 71.1 Å². The predicted molar refractivity (Wildman–Crippen MR) is 93.2 cm³/mol. The SMILES string of the molecule is COc1ccc(OC(=O)[C@@H]2OC(=O)O[C@@H]2CCCc2ccccc2)cc1. The molecule has 0 amide bonds. The Morgan fingerprint density at radius 1 is 1.00 bits per heavy atom. The molecule has 0 aliphatic carbocycles. The van der Waals surface area contributed by atoms with Crippen LogP contribution in [0.1, 0.15) is 18.4 Å². The minimum Gasteiger partial charge on any atom is -0.497 e. The van der Waals surface area contributed by atoms with E-state index < -0.39 is 24.3 Å².